The van der Waals surface area contributed by atoms with Crippen LogP contribution in [0.15, 0.2) is 10.3 Å². The zero-order valence-corrected chi connectivity index (χ0v) is 26.9. The third-order valence-corrected chi connectivity index (χ3v) is 6.69. The van der Waals surface area contributed by atoms with E-state index in [9.17, 15) is 9.59 Å². The van der Waals surface area contributed by atoms with E-state index >= 15 is 0 Å². The molecule has 0 N–H and O–H groups in total. The topological polar surface area (TPSA) is 76.1 Å². The molecule has 0 spiro atoms. The molecule has 1 aromatic rings. The molecule has 0 atom stereocenters. The second-order valence-electron chi connectivity index (χ2n) is 9.52. The van der Waals surface area contributed by atoms with Crippen molar-refractivity contribution in [2.45, 2.75) is 153 Å². The van der Waals surface area contributed by atoms with E-state index in [2.05, 4.69) is 54.1 Å². The van der Waals surface area contributed by atoms with Crippen molar-refractivity contribution in [3.05, 3.63) is 0 Å². The van der Waals surface area contributed by atoms with Crippen LogP contribution in [-0.2, 0) is 9.59 Å². The van der Waals surface area contributed by atoms with Gasteiger partial charge in [0.1, 0.15) is 0 Å². The average molecular weight is 548 g/mol. The summed E-state index contributed by atoms with van der Waals surface area (Å²) in [6.45, 7) is 4.46. The largest absolute Gasteiger partial charge is 0.274 e. The summed E-state index contributed by atoms with van der Waals surface area (Å²) in [4.78, 5) is 39.4. The van der Waals surface area contributed by atoms with Crippen LogP contribution in [0.4, 0.5) is 5.95 Å². The second-order valence-corrected chi connectivity index (χ2v) is 10.3. The Hall–Kier alpha value is -0.150. The fraction of sp³-hybridized carbons (Fsp3) is 0.815. The van der Waals surface area contributed by atoms with Gasteiger partial charge >= 0.3 is 0 Å². The normalized spacial score (nSPS) is 10.8. The van der Waals surface area contributed by atoms with Crippen molar-refractivity contribution in [3.63, 3.8) is 0 Å². The van der Waals surface area contributed by atoms with Crippen LogP contribution in [0, 0.1) is 0 Å². The Bertz CT molecular complexity index is 671. The molecule has 0 bridgehead atoms. The minimum Gasteiger partial charge on any atom is -0.274 e. The van der Waals surface area contributed by atoms with E-state index in [0.717, 1.165) is 43.4 Å². The van der Waals surface area contributed by atoms with Gasteiger partial charge in [0.05, 0.1) is 0 Å². The molecule has 0 fully saturated rings. The number of hydrogen-bond donors (Lipinski definition) is 2. The quantitative estimate of drug-likeness (QED) is 0.0934. The summed E-state index contributed by atoms with van der Waals surface area (Å²) < 4.78 is 0. The third-order valence-electron chi connectivity index (χ3n) is 6.29. The zero-order chi connectivity index (χ0) is 25.7. The molecule has 6 nitrogen and oxygen atoms in total. The van der Waals surface area contributed by atoms with Crippen LogP contribution >= 0.6 is 25.3 Å². The number of hydrogen-bond acceptors (Lipinski definition) is 7. The summed E-state index contributed by atoms with van der Waals surface area (Å²) in [5.41, 5.74) is 0. The van der Waals surface area contributed by atoms with Crippen molar-refractivity contribution in [1.82, 2.24) is 15.0 Å². The van der Waals surface area contributed by atoms with Gasteiger partial charge < -0.3 is 0 Å². The van der Waals surface area contributed by atoms with Crippen molar-refractivity contribution in [1.29, 1.82) is 0 Å². The molecule has 1 aromatic heterocycles. The van der Waals surface area contributed by atoms with Crippen LogP contribution in [0.1, 0.15) is 142 Å². The van der Waals surface area contributed by atoms with Gasteiger partial charge in [-0.05, 0) is 12.8 Å². The number of imide groups is 1. The van der Waals surface area contributed by atoms with Gasteiger partial charge in [0.25, 0.3) is 0 Å². The van der Waals surface area contributed by atoms with Crippen molar-refractivity contribution in [2.75, 3.05) is 4.90 Å². The smallest absolute Gasteiger partial charge is 0.244 e. The molecule has 0 unspecified atom stereocenters. The Morgan fingerprint density at radius 2 is 0.861 bits per heavy atom. The number of unbranched alkanes of at least 4 members (excludes halogenated alkanes) is 16. The fourth-order valence-corrected chi connectivity index (χ4v) is 4.65. The predicted molar refractivity (Wildman–Crippen MR) is 156 cm³/mol. The van der Waals surface area contributed by atoms with Crippen LogP contribution in [0.2, 0.25) is 0 Å². The first-order valence-electron chi connectivity index (χ1n) is 14.0. The van der Waals surface area contributed by atoms with E-state index in [4.69, 9.17) is 0 Å². The SMILES string of the molecule is CCCCCCCCCCCC(=O)N(C(=O)CCCCCCCCCCC)c1nc(S)nc(S)n1.[Na]. The maximum atomic E-state index is 13.0. The Morgan fingerprint density at radius 1 is 0.556 bits per heavy atom. The molecule has 0 saturated carbocycles. The molecule has 1 radical (unpaired) electrons. The van der Waals surface area contributed by atoms with E-state index in [1.165, 1.54) is 77.0 Å². The van der Waals surface area contributed by atoms with E-state index in [1.54, 1.807) is 0 Å². The number of amides is 2. The molecule has 36 heavy (non-hydrogen) atoms. The number of thiol groups is 2. The second kappa shape index (κ2) is 23.9. The van der Waals surface area contributed by atoms with E-state index in [-0.39, 0.29) is 57.6 Å². The Morgan fingerprint density at radius 3 is 1.19 bits per heavy atom. The number of anilines is 1. The van der Waals surface area contributed by atoms with Crippen molar-refractivity contribution in [2.24, 2.45) is 0 Å². The molecule has 0 saturated heterocycles. The van der Waals surface area contributed by atoms with Gasteiger partial charge in [-0.2, -0.15) is 15.0 Å². The van der Waals surface area contributed by atoms with E-state index < -0.39 is 0 Å². The summed E-state index contributed by atoms with van der Waals surface area (Å²) in [6.07, 6.45) is 21.7. The summed E-state index contributed by atoms with van der Waals surface area (Å²) in [6, 6.07) is 0. The summed E-state index contributed by atoms with van der Waals surface area (Å²) in [7, 11) is 0. The van der Waals surface area contributed by atoms with Crippen LogP contribution < -0.4 is 4.90 Å². The van der Waals surface area contributed by atoms with Crippen molar-refractivity contribution in [3.8, 4) is 0 Å². The van der Waals surface area contributed by atoms with Crippen LogP contribution in [0.5, 0.6) is 0 Å². The molecule has 9 heteroatoms. The van der Waals surface area contributed by atoms with Gasteiger partial charge in [-0.1, -0.05) is 117 Å². The first-order valence-corrected chi connectivity index (χ1v) is 14.9. The molecule has 2 amide bonds. The first kappa shape index (κ1) is 35.9. The minimum atomic E-state index is -0.250. The van der Waals surface area contributed by atoms with Gasteiger partial charge in [0.15, 0.2) is 10.3 Å². The molecule has 0 aliphatic heterocycles. The molecule has 1 heterocycles. The Kier molecular flexibility index (Phi) is 23.8. The molecule has 1 rings (SSSR count). The summed E-state index contributed by atoms with van der Waals surface area (Å²) in [5, 5.41) is 0.300. The molecule has 0 aromatic carbocycles. The maximum Gasteiger partial charge on any atom is 0.244 e. The van der Waals surface area contributed by atoms with E-state index in [1.807, 2.05) is 0 Å². The number of rotatable bonds is 21. The Labute approximate surface area is 253 Å². The number of carbonyl (C=O) groups excluding carboxylic acids is 2. The van der Waals surface area contributed by atoms with Gasteiger partial charge in [0.2, 0.25) is 17.8 Å². The predicted octanol–water partition coefficient (Wildman–Crippen LogP) is 7.77. The van der Waals surface area contributed by atoms with Gasteiger partial charge in [0, 0.05) is 42.4 Å². The molecular weight excluding hydrogens is 499 g/mol. The average Bonchev–Trinajstić information content (AvgIpc) is 2.81. The third kappa shape index (κ3) is 17.4. The minimum absolute atomic E-state index is 0. The standard InChI is InChI=1S/C27H48N4O2S2.Na/c1-3-5-7-9-11-13-15-17-19-21-23(32)31(25-28-26(34)30-27(35)29-25)24(33)22-20-18-16-14-12-10-8-6-4-2;/h3-22H2,1-2H3,(H2,28,29,30,34,35);. The van der Waals surface area contributed by atoms with E-state index in [0.29, 0.717) is 12.8 Å². The number of aromatic nitrogens is 3. The van der Waals surface area contributed by atoms with Crippen molar-refractivity contribution < 1.29 is 9.59 Å². The van der Waals surface area contributed by atoms with Gasteiger partial charge in [-0.3, -0.25) is 9.59 Å². The summed E-state index contributed by atoms with van der Waals surface area (Å²) >= 11 is 8.35. The molecule has 0 aliphatic carbocycles. The number of carbonyl (C=O) groups is 2. The van der Waals surface area contributed by atoms with Crippen LogP contribution in [-0.4, -0.2) is 56.3 Å². The molecule has 0 aliphatic rings. The fourth-order valence-electron chi connectivity index (χ4n) is 4.20. The summed E-state index contributed by atoms with van der Waals surface area (Å²) in [5.74, 6) is -0.460. The maximum absolute atomic E-state index is 13.0. The molecule has 201 valence electrons. The van der Waals surface area contributed by atoms with Gasteiger partial charge in [-0.25, -0.2) is 4.90 Å². The van der Waals surface area contributed by atoms with Crippen LogP contribution in [0.3, 0.4) is 0 Å². The monoisotopic (exact) mass is 547 g/mol. The van der Waals surface area contributed by atoms with Crippen molar-refractivity contribution >= 4 is 72.6 Å². The molecular formula is C27H48N4NaO2S2. The van der Waals surface area contributed by atoms with Gasteiger partial charge in [-0.15, -0.1) is 25.3 Å². The number of nitrogens with zero attached hydrogens (tertiary/aromatic N) is 4. The Balaban J connectivity index is 0.0000122. The zero-order valence-electron chi connectivity index (χ0n) is 23.1. The first-order chi connectivity index (χ1) is 17.0. The van der Waals surface area contributed by atoms with Crippen LogP contribution in [0.25, 0.3) is 0 Å².